The van der Waals surface area contributed by atoms with E-state index in [0.29, 0.717) is 18.9 Å². The van der Waals surface area contributed by atoms with Crippen molar-refractivity contribution in [3.8, 4) is 0 Å². The first-order valence-corrected chi connectivity index (χ1v) is 10.2. The van der Waals surface area contributed by atoms with Gasteiger partial charge in [-0.1, -0.05) is 19.1 Å². The number of carbonyl (C=O) groups is 2. The van der Waals surface area contributed by atoms with Crippen molar-refractivity contribution in [2.24, 2.45) is 11.8 Å². The molecule has 0 unspecified atom stereocenters. The molecule has 0 radical (unpaired) electrons. The minimum absolute atomic E-state index is 0.0596. The van der Waals surface area contributed by atoms with Crippen LogP contribution >= 0.6 is 11.8 Å². The lowest BCUT2D eigenvalue weighted by atomic mass is 10.2. The number of hydrogen-bond donors (Lipinski definition) is 2. The molecule has 25 heavy (non-hydrogen) atoms. The summed E-state index contributed by atoms with van der Waals surface area (Å²) in [6, 6.07) is 8.05. The van der Waals surface area contributed by atoms with Crippen molar-refractivity contribution in [1.82, 2.24) is 10.2 Å². The molecule has 0 aromatic heterocycles. The average molecular weight is 362 g/mol. The second-order valence-electron chi connectivity index (χ2n) is 7.00. The van der Waals surface area contributed by atoms with E-state index in [-0.39, 0.29) is 17.7 Å². The summed E-state index contributed by atoms with van der Waals surface area (Å²) in [5.74, 6) is 3.07. The predicted molar refractivity (Wildman–Crippen MR) is 103 cm³/mol. The summed E-state index contributed by atoms with van der Waals surface area (Å²) < 4.78 is 0. The Morgan fingerprint density at radius 3 is 2.76 bits per heavy atom. The molecule has 1 heterocycles. The molecule has 136 valence electrons. The third kappa shape index (κ3) is 5.75. The lowest BCUT2D eigenvalue weighted by molar-refractivity contribution is -0.122. The van der Waals surface area contributed by atoms with Gasteiger partial charge in [0, 0.05) is 55.7 Å². The molecule has 1 aliphatic carbocycles. The molecule has 0 spiro atoms. The predicted octanol–water partition coefficient (Wildman–Crippen LogP) is 2.34. The molecule has 2 N–H and O–H groups in total. The Bertz CT molecular complexity index is 616. The second-order valence-corrected chi connectivity index (χ2v) is 8.22. The maximum Gasteiger partial charge on any atom is 0.226 e. The smallest absolute Gasteiger partial charge is 0.226 e. The van der Waals surface area contributed by atoms with Gasteiger partial charge in [0.15, 0.2) is 0 Å². The van der Waals surface area contributed by atoms with E-state index in [0.717, 1.165) is 31.7 Å². The molecule has 3 rings (SSSR count). The van der Waals surface area contributed by atoms with Crippen LogP contribution in [-0.4, -0.2) is 47.9 Å². The quantitative estimate of drug-likeness (QED) is 0.783. The number of benzene rings is 1. The first kappa shape index (κ1) is 18.3. The lowest BCUT2D eigenvalue weighted by Crippen LogP contribution is -2.32. The number of nitrogens with zero attached hydrogens (tertiary/aromatic N) is 1. The normalized spacial score (nSPS) is 23.1. The maximum absolute atomic E-state index is 12.1. The summed E-state index contributed by atoms with van der Waals surface area (Å²) in [4.78, 5) is 26.3. The standard InChI is InChI=1S/C19H27N3O2S/c1-14-11-17(14)19(24)20-6-5-18(23)21-16-4-2-3-15(12-16)13-22-7-9-25-10-8-22/h2-4,12,14,17H,5-11,13H2,1H3,(H,20,24)(H,21,23)/t14-,17+/m1/s1. The Morgan fingerprint density at radius 2 is 2.04 bits per heavy atom. The number of amides is 2. The molecule has 5 nitrogen and oxygen atoms in total. The summed E-state index contributed by atoms with van der Waals surface area (Å²) in [5.41, 5.74) is 2.05. The zero-order valence-corrected chi connectivity index (χ0v) is 15.6. The van der Waals surface area contributed by atoms with E-state index in [4.69, 9.17) is 0 Å². The van der Waals surface area contributed by atoms with Gasteiger partial charge in [-0.25, -0.2) is 0 Å². The van der Waals surface area contributed by atoms with Crippen molar-refractivity contribution in [1.29, 1.82) is 0 Å². The van der Waals surface area contributed by atoms with Gasteiger partial charge in [0.25, 0.3) is 0 Å². The number of hydrogen-bond acceptors (Lipinski definition) is 4. The number of anilines is 1. The second kappa shape index (κ2) is 8.72. The van der Waals surface area contributed by atoms with Crippen molar-refractivity contribution in [2.45, 2.75) is 26.3 Å². The number of carbonyl (C=O) groups excluding carboxylic acids is 2. The van der Waals surface area contributed by atoms with E-state index in [9.17, 15) is 9.59 Å². The van der Waals surface area contributed by atoms with Gasteiger partial charge in [0.05, 0.1) is 0 Å². The van der Waals surface area contributed by atoms with E-state index >= 15 is 0 Å². The van der Waals surface area contributed by atoms with Crippen LogP contribution in [0.15, 0.2) is 24.3 Å². The van der Waals surface area contributed by atoms with Gasteiger partial charge in [-0.15, -0.1) is 0 Å². The fraction of sp³-hybridized carbons (Fsp3) is 0.579. The molecule has 2 fully saturated rings. The Hall–Kier alpha value is -1.53. The highest BCUT2D eigenvalue weighted by atomic mass is 32.2. The SMILES string of the molecule is C[C@@H]1C[C@@H]1C(=O)NCCC(=O)Nc1cccc(CN2CCSCC2)c1. The molecule has 1 saturated heterocycles. The van der Waals surface area contributed by atoms with Gasteiger partial charge < -0.3 is 10.6 Å². The fourth-order valence-corrected chi connectivity index (χ4v) is 4.08. The van der Waals surface area contributed by atoms with Gasteiger partial charge in [-0.3, -0.25) is 14.5 Å². The van der Waals surface area contributed by atoms with Gasteiger partial charge in [0.2, 0.25) is 11.8 Å². The molecule has 0 bridgehead atoms. The summed E-state index contributed by atoms with van der Waals surface area (Å²) in [7, 11) is 0. The summed E-state index contributed by atoms with van der Waals surface area (Å²) in [5, 5.41) is 5.78. The first-order valence-electron chi connectivity index (χ1n) is 9.08. The highest BCUT2D eigenvalue weighted by Gasteiger charge is 2.38. The van der Waals surface area contributed by atoms with Gasteiger partial charge in [0.1, 0.15) is 0 Å². The molecule has 1 aromatic rings. The zero-order chi connectivity index (χ0) is 17.6. The summed E-state index contributed by atoms with van der Waals surface area (Å²) in [6.07, 6.45) is 1.28. The third-order valence-electron chi connectivity index (χ3n) is 4.82. The number of nitrogens with one attached hydrogen (secondary N) is 2. The maximum atomic E-state index is 12.1. The number of rotatable bonds is 7. The summed E-state index contributed by atoms with van der Waals surface area (Å²) >= 11 is 2.01. The third-order valence-corrected chi connectivity index (χ3v) is 5.76. The van der Waals surface area contributed by atoms with Crippen LogP contribution in [0.3, 0.4) is 0 Å². The van der Waals surface area contributed by atoms with Crippen LogP contribution in [0.25, 0.3) is 0 Å². The van der Waals surface area contributed by atoms with Crippen LogP contribution in [0.4, 0.5) is 5.69 Å². The molecule has 6 heteroatoms. The number of thioether (sulfide) groups is 1. The van der Waals surface area contributed by atoms with Crippen molar-refractivity contribution in [2.75, 3.05) is 36.5 Å². The van der Waals surface area contributed by atoms with Gasteiger partial charge in [-0.05, 0) is 30.0 Å². The average Bonchev–Trinajstić information content (AvgIpc) is 3.33. The van der Waals surface area contributed by atoms with E-state index < -0.39 is 0 Å². The summed E-state index contributed by atoms with van der Waals surface area (Å²) in [6.45, 7) is 5.66. The molecule has 2 amide bonds. The minimum Gasteiger partial charge on any atom is -0.355 e. The topological polar surface area (TPSA) is 61.4 Å². The molecule has 1 aliphatic heterocycles. The fourth-order valence-electron chi connectivity index (χ4n) is 3.11. The highest BCUT2D eigenvalue weighted by Crippen LogP contribution is 2.37. The van der Waals surface area contributed by atoms with Crippen LogP contribution in [-0.2, 0) is 16.1 Å². The van der Waals surface area contributed by atoms with Crippen molar-refractivity contribution < 1.29 is 9.59 Å². The molecule has 1 saturated carbocycles. The van der Waals surface area contributed by atoms with Gasteiger partial charge >= 0.3 is 0 Å². The first-order chi connectivity index (χ1) is 12.1. The lowest BCUT2D eigenvalue weighted by Gasteiger charge is -2.26. The van der Waals surface area contributed by atoms with E-state index in [2.05, 4.69) is 28.5 Å². The Labute approximate surface area is 153 Å². The van der Waals surface area contributed by atoms with Crippen LogP contribution in [0, 0.1) is 11.8 Å². The molecule has 1 aromatic carbocycles. The molecule has 2 aliphatic rings. The van der Waals surface area contributed by atoms with E-state index in [1.54, 1.807) is 0 Å². The van der Waals surface area contributed by atoms with E-state index in [1.807, 2.05) is 30.0 Å². The minimum atomic E-state index is -0.0596. The Balaban J connectivity index is 1.41. The zero-order valence-electron chi connectivity index (χ0n) is 14.8. The van der Waals surface area contributed by atoms with Crippen LogP contribution < -0.4 is 10.6 Å². The van der Waals surface area contributed by atoms with Crippen molar-refractivity contribution in [3.05, 3.63) is 29.8 Å². The van der Waals surface area contributed by atoms with E-state index in [1.165, 1.54) is 17.1 Å². The molecule has 2 atom stereocenters. The monoisotopic (exact) mass is 361 g/mol. The highest BCUT2D eigenvalue weighted by molar-refractivity contribution is 7.99. The van der Waals surface area contributed by atoms with Crippen molar-refractivity contribution >= 4 is 29.3 Å². The Kier molecular flexibility index (Phi) is 6.37. The molecular weight excluding hydrogens is 334 g/mol. The Morgan fingerprint density at radius 1 is 1.28 bits per heavy atom. The van der Waals surface area contributed by atoms with Crippen LogP contribution in [0.2, 0.25) is 0 Å². The van der Waals surface area contributed by atoms with Crippen LogP contribution in [0.1, 0.15) is 25.3 Å². The van der Waals surface area contributed by atoms with Gasteiger partial charge in [-0.2, -0.15) is 11.8 Å². The van der Waals surface area contributed by atoms with Crippen LogP contribution in [0.5, 0.6) is 0 Å². The largest absolute Gasteiger partial charge is 0.355 e. The van der Waals surface area contributed by atoms with Crippen molar-refractivity contribution in [3.63, 3.8) is 0 Å². The molecular formula is C19H27N3O2S.